The summed E-state index contributed by atoms with van der Waals surface area (Å²) in [5.74, 6) is -0.0204. The highest BCUT2D eigenvalue weighted by atomic mass is 16.5. The van der Waals surface area contributed by atoms with E-state index in [9.17, 15) is 19.8 Å². The predicted octanol–water partition coefficient (Wildman–Crippen LogP) is 21.0. The van der Waals surface area contributed by atoms with E-state index in [1.54, 1.807) is 0 Å². The van der Waals surface area contributed by atoms with Crippen LogP contribution in [-0.2, 0) is 14.3 Å². The van der Waals surface area contributed by atoms with Gasteiger partial charge in [-0.2, -0.15) is 0 Å². The van der Waals surface area contributed by atoms with E-state index in [2.05, 4.69) is 43.5 Å². The van der Waals surface area contributed by atoms with Gasteiger partial charge in [0.15, 0.2) is 0 Å². The van der Waals surface area contributed by atoms with Gasteiger partial charge in [-0.05, 0) is 57.8 Å². The third-order valence-electron chi connectivity index (χ3n) is 15.5. The number of hydrogen-bond donors (Lipinski definition) is 3. The number of rotatable bonds is 62. The van der Waals surface area contributed by atoms with Crippen LogP contribution in [0.5, 0.6) is 0 Å². The molecule has 1 amide bonds. The van der Waals surface area contributed by atoms with Gasteiger partial charge in [0.2, 0.25) is 5.91 Å². The molecule has 2 atom stereocenters. The van der Waals surface area contributed by atoms with Gasteiger partial charge in [0, 0.05) is 12.8 Å². The van der Waals surface area contributed by atoms with Gasteiger partial charge in [0.1, 0.15) is 0 Å². The molecule has 0 saturated heterocycles. The first kappa shape index (κ1) is 71.3. The lowest BCUT2D eigenvalue weighted by Crippen LogP contribution is -2.45. The lowest BCUT2D eigenvalue weighted by atomic mass is 10.0. The number of allylic oxidation sites excluding steroid dienone is 4. The summed E-state index contributed by atoms with van der Waals surface area (Å²) in [6.07, 6.45) is 77.8. The summed E-state index contributed by atoms with van der Waals surface area (Å²) in [7, 11) is 0. The van der Waals surface area contributed by atoms with Crippen molar-refractivity contribution in [2.45, 2.75) is 379 Å². The van der Waals surface area contributed by atoms with E-state index < -0.39 is 12.1 Å². The van der Waals surface area contributed by atoms with Crippen molar-refractivity contribution in [1.29, 1.82) is 0 Å². The summed E-state index contributed by atoms with van der Waals surface area (Å²) in [6, 6.07) is -0.538. The number of carbonyl (C=O) groups excluding carboxylic acids is 2. The fourth-order valence-corrected chi connectivity index (χ4v) is 10.4. The van der Waals surface area contributed by atoms with Gasteiger partial charge in [0.25, 0.3) is 0 Å². The Morgan fingerprint density at radius 2 is 0.685 bits per heavy atom. The van der Waals surface area contributed by atoms with Crippen LogP contribution in [0.25, 0.3) is 0 Å². The van der Waals surface area contributed by atoms with E-state index in [0.717, 1.165) is 51.4 Å². The van der Waals surface area contributed by atoms with Crippen molar-refractivity contribution in [3.8, 4) is 0 Å². The Morgan fingerprint density at radius 1 is 0.384 bits per heavy atom. The molecular formula is C67H129NO5. The molecule has 0 rings (SSSR count). The molecule has 0 bridgehead atoms. The topological polar surface area (TPSA) is 95.9 Å². The zero-order valence-electron chi connectivity index (χ0n) is 49.4. The Balaban J connectivity index is 3.32. The average Bonchev–Trinajstić information content (AvgIpc) is 3.39. The Morgan fingerprint density at radius 3 is 1.07 bits per heavy atom. The maximum absolute atomic E-state index is 12.5. The molecule has 6 heteroatoms. The maximum Gasteiger partial charge on any atom is 0.305 e. The highest BCUT2D eigenvalue weighted by molar-refractivity contribution is 5.76. The van der Waals surface area contributed by atoms with E-state index >= 15 is 0 Å². The highest BCUT2D eigenvalue weighted by Gasteiger charge is 2.20. The Hall–Kier alpha value is -1.66. The molecule has 0 spiro atoms. The molecule has 6 nitrogen and oxygen atoms in total. The first-order chi connectivity index (χ1) is 36.0. The molecule has 73 heavy (non-hydrogen) atoms. The second-order valence-electron chi connectivity index (χ2n) is 22.8. The first-order valence-corrected chi connectivity index (χ1v) is 33.1. The number of esters is 1. The van der Waals surface area contributed by atoms with E-state index in [4.69, 9.17) is 4.74 Å². The lowest BCUT2D eigenvalue weighted by molar-refractivity contribution is -0.143. The third-order valence-corrected chi connectivity index (χ3v) is 15.5. The number of aliphatic hydroxyl groups is 2. The van der Waals surface area contributed by atoms with Crippen LogP contribution in [0.2, 0.25) is 0 Å². The molecule has 0 fully saturated rings. The number of unbranched alkanes of at least 4 members (excludes halogenated alkanes) is 47. The molecule has 0 aromatic carbocycles. The molecule has 2 unspecified atom stereocenters. The molecule has 3 N–H and O–H groups in total. The quantitative estimate of drug-likeness (QED) is 0.0320. The second kappa shape index (κ2) is 62.9. The maximum atomic E-state index is 12.5. The number of carbonyl (C=O) groups is 2. The molecule has 432 valence electrons. The van der Waals surface area contributed by atoms with Crippen LogP contribution in [0, 0.1) is 0 Å². The highest BCUT2D eigenvalue weighted by Crippen LogP contribution is 2.18. The van der Waals surface area contributed by atoms with Crippen LogP contribution in [0.3, 0.4) is 0 Å². The largest absolute Gasteiger partial charge is 0.466 e. The average molecular weight is 1030 g/mol. The molecule has 0 aromatic rings. The zero-order chi connectivity index (χ0) is 52.9. The SMILES string of the molecule is CCCCC/C=C\C/C=C\CCCCCCCCCC(=O)OCCCCCCCCCCCCCCCCCCCCCCCCCCCCCC(=O)NC(CO)C(O)CCCCCCCCCCCCCC. The summed E-state index contributed by atoms with van der Waals surface area (Å²) in [6.45, 7) is 4.94. The number of ether oxygens (including phenoxy) is 1. The summed E-state index contributed by atoms with van der Waals surface area (Å²) in [5, 5.41) is 23.2. The first-order valence-electron chi connectivity index (χ1n) is 33.1. The monoisotopic (exact) mass is 1030 g/mol. The van der Waals surface area contributed by atoms with Crippen molar-refractivity contribution < 1.29 is 24.5 Å². The Kier molecular flexibility index (Phi) is 61.4. The van der Waals surface area contributed by atoms with Crippen molar-refractivity contribution in [2.24, 2.45) is 0 Å². The van der Waals surface area contributed by atoms with Gasteiger partial charge < -0.3 is 20.3 Å². The fourth-order valence-electron chi connectivity index (χ4n) is 10.4. The minimum atomic E-state index is -0.661. The van der Waals surface area contributed by atoms with Crippen LogP contribution in [0.15, 0.2) is 24.3 Å². The van der Waals surface area contributed by atoms with Crippen LogP contribution < -0.4 is 5.32 Å². The van der Waals surface area contributed by atoms with Crippen LogP contribution in [-0.4, -0.2) is 47.4 Å². The molecule has 0 aliphatic carbocycles. The smallest absolute Gasteiger partial charge is 0.305 e. The number of amides is 1. The Bertz CT molecular complexity index is 1140. The minimum absolute atomic E-state index is 0.0107. The van der Waals surface area contributed by atoms with E-state index in [1.807, 2.05) is 0 Å². The molecule has 0 saturated carbocycles. The standard InChI is InChI=1S/C67H129NO5/c1-3-5-7-9-11-13-15-17-18-30-34-37-41-45-49-53-57-61-67(72)73-62-58-54-50-46-42-38-35-32-29-27-25-23-21-19-20-22-24-26-28-31-33-36-40-44-48-52-56-60-66(71)68-64(63-69)65(70)59-55-51-47-43-39-16-14-12-10-8-6-4-2/h11,13,17-18,64-65,69-70H,3-10,12,14-16,19-63H2,1-2H3,(H,68,71)/b13-11-,18-17-. The van der Waals surface area contributed by atoms with E-state index in [1.165, 1.54) is 283 Å². The molecule has 0 radical (unpaired) electrons. The zero-order valence-corrected chi connectivity index (χ0v) is 49.4. The molecule has 0 aliphatic rings. The van der Waals surface area contributed by atoms with Crippen LogP contribution >= 0.6 is 0 Å². The molecule has 0 heterocycles. The summed E-state index contributed by atoms with van der Waals surface area (Å²) in [4.78, 5) is 24.6. The van der Waals surface area contributed by atoms with E-state index in [0.29, 0.717) is 25.9 Å². The summed E-state index contributed by atoms with van der Waals surface area (Å²) < 4.78 is 5.50. The van der Waals surface area contributed by atoms with Gasteiger partial charge in [0.05, 0.1) is 25.4 Å². The third kappa shape index (κ3) is 59.4. The molecule has 0 aromatic heterocycles. The lowest BCUT2D eigenvalue weighted by Gasteiger charge is -2.22. The normalized spacial score (nSPS) is 12.7. The van der Waals surface area contributed by atoms with Gasteiger partial charge in [-0.15, -0.1) is 0 Å². The van der Waals surface area contributed by atoms with Crippen LogP contribution in [0.4, 0.5) is 0 Å². The number of aliphatic hydroxyl groups excluding tert-OH is 2. The van der Waals surface area contributed by atoms with Gasteiger partial charge in [-0.1, -0.05) is 321 Å². The van der Waals surface area contributed by atoms with Crippen molar-refractivity contribution in [3.05, 3.63) is 24.3 Å². The van der Waals surface area contributed by atoms with Crippen molar-refractivity contribution in [1.82, 2.24) is 5.32 Å². The number of nitrogens with one attached hydrogen (secondary N) is 1. The minimum Gasteiger partial charge on any atom is -0.466 e. The molecular weight excluding hydrogens is 899 g/mol. The fraction of sp³-hybridized carbons (Fsp3) is 0.910. The Labute approximate surface area is 456 Å². The predicted molar refractivity (Wildman–Crippen MR) is 320 cm³/mol. The van der Waals surface area contributed by atoms with Crippen molar-refractivity contribution in [2.75, 3.05) is 13.2 Å². The van der Waals surface area contributed by atoms with Gasteiger partial charge in [-0.3, -0.25) is 9.59 Å². The molecule has 0 aliphatic heterocycles. The van der Waals surface area contributed by atoms with Gasteiger partial charge in [-0.25, -0.2) is 0 Å². The van der Waals surface area contributed by atoms with Crippen LogP contribution in [0.1, 0.15) is 367 Å². The van der Waals surface area contributed by atoms with E-state index in [-0.39, 0.29) is 18.5 Å². The van der Waals surface area contributed by atoms with Crippen molar-refractivity contribution in [3.63, 3.8) is 0 Å². The summed E-state index contributed by atoms with van der Waals surface area (Å²) >= 11 is 0. The van der Waals surface area contributed by atoms with Gasteiger partial charge >= 0.3 is 5.97 Å². The second-order valence-corrected chi connectivity index (χ2v) is 22.8. The number of hydrogen-bond acceptors (Lipinski definition) is 5. The van der Waals surface area contributed by atoms with Crippen molar-refractivity contribution >= 4 is 11.9 Å². The summed E-state index contributed by atoms with van der Waals surface area (Å²) in [5.41, 5.74) is 0.